The summed E-state index contributed by atoms with van der Waals surface area (Å²) < 4.78 is 0. The molecular formula is C21H25N5O2S2. The predicted octanol–water partition coefficient (Wildman–Crippen LogP) is 2.98. The van der Waals surface area contributed by atoms with Crippen molar-refractivity contribution in [3.8, 4) is 0 Å². The lowest BCUT2D eigenvalue weighted by Crippen LogP contribution is -2.31. The third-order valence-electron chi connectivity index (χ3n) is 5.38. The molecule has 4 rings (SSSR count). The first-order valence-electron chi connectivity index (χ1n) is 9.95. The van der Waals surface area contributed by atoms with E-state index in [1.807, 2.05) is 43.0 Å². The molecule has 4 heterocycles. The van der Waals surface area contributed by atoms with Crippen LogP contribution in [0.5, 0.6) is 0 Å². The van der Waals surface area contributed by atoms with E-state index in [1.54, 1.807) is 11.7 Å². The molecule has 1 fully saturated rings. The molecule has 0 bridgehead atoms. The molecule has 0 spiro atoms. The van der Waals surface area contributed by atoms with Crippen molar-refractivity contribution in [2.45, 2.75) is 19.3 Å². The van der Waals surface area contributed by atoms with Crippen molar-refractivity contribution in [3.05, 3.63) is 44.9 Å². The Bertz CT molecular complexity index is 1070. The number of likely N-dealkylation sites (N-methyl/N-ethyl adjacent to an activating group) is 1. The fraction of sp³-hybridized carbons (Fsp3) is 0.429. The van der Waals surface area contributed by atoms with Gasteiger partial charge in [0.15, 0.2) is 0 Å². The molecule has 3 aromatic rings. The van der Waals surface area contributed by atoms with Gasteiger partial charge in [0.1, 0.15) is 9.71 Å². The van der Waals surface area contributed by atoms with Gasteiger partial charge in [0, 0.05) is 43.7 Å². The second-order valence-corrected chi connectivity index (χ2v) is 9.62. The number of pyridine rings is 1. The summed E-state index contributed by atoms with van der Waals surface area (Å²) in [5.41, 5.74) is 3.52. The fourth-order valence-corrected chi connectivity index (χ4v) is 5.75. The van der Waals surface area contributed by atoms with Crippen LogP contribution in [0.15, 0.2) is 23.8 Å². The number of rotatable bonds is 6. The van der Waals surface area contributed by atoms with Crippen LogP contribution in [0.4, 0.5) is 0 Å². The van der Waals surface area contributed by atoms with Crippen LogP contribution in [0, 0.1) is 6.92 Å². The molecule has 3 aromatic heterocycles. The first-order chi connectivity index (χ1) is 14.5. The Labute approximate surface area is 183 Å². The number of likely N-dealkylation sites (tertiary alicyclic amines) is 1. The lowest BCUT2D eigenvalue weighted by molar-refractivity contribution is 0.0794. The van der Waals surface area contributed by atoms with Crippen LogP contribution in [0.1, 0.15) is 42.9 Å². The minimum Gasteiger partial charge on any atom is -0.350 e. The van der Waals surface area contributed by atoms with Gasteiger partial charge in [0.25, 0.3) is 11.8 Å². The van der Waals surface area contributed by atoms with Gasteiger partial charge in [0.2, 0.25) is 0 Å². The van der Waals surface area contributed by atoms with E-state index < -0.39 is 0 Å². The van der Waals surface area contributed by atoms with Gasteiger partial charge < -0.3 is 15.1 Å². The SMILES string of the molecule is Cc1ncsc1C(=O)N1CC[C@H](c2c(C(=O)NCCN(C)C)sc3ncccc23)C1. The second kappa shape index (κ2) is 8.79. The molecule has 1 atom stereocenters. The zero-order valence-electron chi connectivity index (χ0n) is 17.3. The van der Waals surface area contributed by atoms with Crippen LogP contribution in [0.2, 0.25) is 0 Å². The molecule has 1 saturated heterocycles. The summed E-state index contributed by atoms with van der Waals surface area (Å²) >= 11 is 2.83. The number of nitrogens with one attached hydrogen (secondary N) is 1. The summed E-state index contributed by atoms with van der Waals surface area (Å²) in [5.74, 6) is 0.0970. The molecule has 1 N–H and O–H groups in total. The van der Waals surface area contributed by atoms with Crippen LogP contribution in [0.25, 0.3) is 10.2 Å². The molecule has 158 valence electrons. The Morgan fingerprint density at radius 2 is 2.13 bits per heavy atom. The minimum atomic E-state index is -0.0575. The number of nitrogens with zero attached hydrogens (tertiary/aromatic N) is 4. The fourth-order valence-electron chi connectivity index (χ4n) is 3.83. The van der Waals surface area contributed by atoms with E-state index >= 15 is 0 Å². The molecule has 0 radical (unpaired) electrons. The normalized spacial score (nSPS) is 16.5. The molecule has 1 aliphatic rings. The topological polar surface area (TPSA) is 78.4 Å². The van der Waals surface area contributed by atoms with Gasteiger partial charge in [-0.05, 0) is 39.1 Å². The average molecular weight is 444 g/mol. The minimum absolute atomic E-state index is 0.0344. The van der Waals surface area contributed by atoms with Gasteiger partial charge in [-0.25, -0.2) is 9.97 Å². The van der Waals surface area contributed by atoms with Gasteiger partial charge in [-0.3, -0.25) is 9.59 Å². The molecule has 0 saturated carbocycles. The molecule has 9 heteroatoms. The van der Waals surface area contributed by atoms with E-state index in [-0.39, 0.29) is 17.7 Å². The number of hydrogen-bond donors (Lipinski definition) is 1. The van der Waals surface area contributed by atoms with Gasteiger partial charge in [-0.1, -0.05) is 6.07 Å². The quantitative estimate of drug-likeness (QED) is 0.634. The van der Waals surface area contributed by atoms with E-state index in [9.17, 15) is 9.59 Å². The lowest BCUT2D eigenvalue weighted by atomic mass is 9.95. The predicted molar refractivity (Wildman–Crippen MR) is 121 cm³/mol. The Morgan fingerprint density at radius 3 is 2.87 bits per heavy atom. The highest BCUT2D eigenvalue weighted by molar-refractivity contribution is 7.20. The summed E-state index contributed by atoms with van der Waals surface area (Å²) in [5, 5.41) is 4.06. The van der Waals surface area contributed by atoms with Crippen molar-refractivity contribution in [1.29, 1.82) is 0 Å². The number of aryl methyl sites for hydroxylation is 1. The highest BCUT2D eigenvalue weighted by Crippen LogP contribution is 2.39. The number of carbonyl (C=O) groups excluding carboxylic acids is 2. The van der Waals surface area contributed by atoms with Crippen LogP contribution in [-0.4, -0.2) is 71.9 Å². The van der Waals surface area contributed by atoms with Crippen LogP contribution in [-0.2, 0) is 0 Å². The summed E-state index contributed by atoms with van der Waals surface area (Å²) in [6, 6.07) is 3.94. The summed E-state index contributed by atoms with van der Waals surface area (Å²) in [6.45, 7) is 4.53. The molecule has 7 nitrogen and oxygen atoms in total. The zero-order valence-corrected chi connectivity index (χ0v) is 19.0. The number of thiazole rings is 1. The smallest absolute Gasteiger partial charge is 0.265 e. The number of hydrogen-bond acceptors (Lipinski definition) is 7. The maximum absolute atomic E-state index is 13.0. The first kappa shape index (κ1) is 20.9. The highest BCUT2D eigenvalue weighted by atomic mass is 32.1. The third kappa shape index (κ3) is 4.10. The maximum atomic E-state index is 13.0. The Morgan fingerprint density at radius 1 is 1.30 bits per heavy atom. The van der Waals surface area contributed by atoms with E-state index in [1.165, 1.54) is 22.7 Å². The number of carbonyl (C=O) groups is 2. The molecule has 1 aliphatic heterocycles. The van der Waals surface area contributed by atoms with Crippen LogP contribution < -0.4 is 5.32 Å². The van der Waals surface area contributed by atoms with Crippen molar-refractivity contribution in [1.82, 2.24) is 25.1 Å². The van der Waals surface area contributed by atoms with Gasteiger partial charge >= 0.3 is 0 Å². The van der Waals surface area contributed by atoms with Crippen molar-refractivity contribution in [3.63, 3.8) is 0 Å². The number of thiophene rings is 1. The van der Waals surface area contributed by atoms with Crippen molar-refractivity contribution in [2.75, 3.05) is 40.3 Å². The van der Waals surface area contributed by atoms with E-state index in [2.05, 4.69) is 15.3 Å². The van der Waals surface area contributed by atoms with E-state index in [0.29, 0.717) is 24.5 Å². The molecular weight excluding hydrogens is 418 g/mol. The van der Waals surface area contributed by atoms with Gasteiger partial charge in [-0.2, -0.15) is 0 Å². The Balaban J connectivity index is 1.59. The third-order valence-corrected chi connectivity index (χ3v) is 7.42. The highest BCUT2D eigenvalue weighted by Gasteiger charge is 2.34. The van der Waals surface area contributed by atoms with Crippen molar-refractivity contribution >= 4 is 44.7 Å². The maximum Gasteiger partial charge on any atom is 0.265 e. The largest absolute Gasteiger partial charge is 0.350 e. The Hall–Kier alpha value is -2.36. The van der Waals surface area contributed by atoms with E-state index in [0.717, 1.165) is 39.3 Å². The van der Waals surface area contributed by atoms with Crippen molar-refractivity contribution < 1.29 is 9.59 Å². The zero-order chi connectivity index (χ0) is 21.3. The molecule has 0 unspecified atom stereocenters. The lowest BCUT2D eigenvalue weighted by Gasteiger charge is -2.17. The van der Waals surface area contributed by atoms with Crippen molar-refractivity contribution in [2.24, 2.45) is 0 Å². The number of amides is 2. The van der Waals surface area contributed by atoms with Gasteiger partial charge in [0.05, 0.1) is 16.1 Å². The van der Waals surface area contributed by atoms with Crippen LogP contribution >= 0.6 is 22.7 Å². The molecule has 30 heavy (non-hydrogen) atoms. The van der Waals surface area contributed by atoms with Gasteiger partial charge in [-0.15, -0.1) is 22.7 Å². The van der Waals surface area contributed by atoms with E-state index in [4.69, 9.17) is 0 Å². The second-order valence-electron chi connectivity index (χ2n) is 7.76. The number of aromatic nitrogens is 2. The summed E-state index contributed by atoms with van der Waals surface area (Å²) in [4.78, 5) is 40.8. The number of fused-ring (bicyclic) bond motifs is 1. The average Bonchev–Trinajstić information content (AvgIpc) is 3.44. The monoisotopic (exact) mass is 443 g/mol. The summed E-state index contributed by atoms with van der Waals surface area (Å²) in [6.07, 6.45) is 2.59. The Kier molecular flexibility index (Phi) is 6.12. The van der Waals surface area contributed by atoms with Crippen LogP contribution in [0.3, 0.4) is 0 Å². The first-order valence-corrected chi connectivity index (χ1v) is 11.6. The molecule has 2 amide bonds. The standard InChI is InChI=1S/C21H25N5O2S2/c1-13-17(29-12-24-13)21(28)26-9-6-14(11-26)16-15-5-4-7-23-20(15)30-18(16)19(27)22-8-10-25(2)3/h4-5,7,12,14H,6,8-11H2,1-3H3,(H,22,27)/t14-/m0/s1. The summed E-state index contributed by atoms with van der Waals surface area (Å²) in [7, 11) is 3.96. The molecule has 0 aliphatic carbocycles. The molecule has 0 aromatic carbocycles.